The quantitative estimate of drug-likeness (QED) is 0.768. The van der Waals surface area contributed by atoms with Gasteiger partial charge in [0, 0.05) is 25.5 Å². The molecule has 0 spiro atoms. The van der Waals surface area contributed by atoms with Gasteiger partial charge in [-0.25, -0.2) is 0 Å². The van der Waals surface area contributed by atoms with Crippen LogP contribution in [0, 0.1) is 5.92 Å². The molecule has 16 heavy (non-hydrogen) atoms. The maximum Gasteiger partial charge on any atom is 0.0220 e. The van der Waals surface area contributed by atoms with Crippen LogP contribution in [0.1, 0.15) is 25.3 Å². The second kappa shape index (κ2) is 6.06. The molecule has 1 aliphatic rings. The molecule has 90 valence electrons. The summed E-state index contributed by atoms with van der Waals surface area (Å²) in [6.07, 6.45) is 6.82. The van der Waals surface area contributed by atoms with E-state index in [0.29, 0.717) is 0 Å². The van der Waals surface area contributed by atoms with Crippen LogP contribution < -0.4 is 5.32 Å². The highest BCUT2D eigenvalue weighted by atomic mass is 15.1. The zero-order chi connectivity index (χ0) is 11.2. The molecule has 2 rings (SSSR count). The molecule has 0 amide bonds. The zero-order valence-corrected chi connectivity index (χ0v) is 10.2. The number of aromatic nitrogens is 1. The Morgan fingerprint density at radius 3 is 2.94 bits per heavy atom. The van der Waals surface area contributed by atoms with E-state index in [1.165, 1.54) is 38.0 Å². The Morgan fingerprint density at radius 1 is 1.44 bits per heavy atom. The molecule has 0 radical (unpaired) electrons. The van der Waals surface area contributed by atoms with E-state index in [-0.39, 0.29) is 0 Å². The third-order valence-electron chi connectivity index (χ3n) is 3.25. The van der Waals surface area contributed by atoms with Crippen molar-refractivity contribution in [1.82, 2.24) is 15.2 Å². The normalized spacial score (nSPS) is 19.1. The van der Waals surface area contributed by atoms with Crippen LogP contribution in [0.3, 0.4) is 0 Å². The molecule has 1 aromatic rings. The fourth-order valence-corrected chi connectivity index (χ4v) is 2.40. The highest BCUT2D eigenvalue weighted by Crippen LogP contribution is 2.09. The van der Waals surface area contributed by atoms with Crippen LogP contribution in [0.4, 0.5) is 0 Å². The van der Waals surface area contributed by atoms with Crippen molar-refractivity contribution < 1.29 is 0 Å². The zero-order valence-electron chi connectivity index (χ0n) is 10.2. The van der Waals surface area contributed by atoms with Gasteiger partial charge in [-0.1, -0.05) is 6.92 Å². The molecule has 1 aliphatic heterocycles. The molecule has 1 fully saturated rings. The number of hydrogen-bond donors (Lipinski definition) is 2. The third-order valence-corrected chi connectivity index (χ3v) is 3.25. The number of aromatic amines is 1. The summed E-state index contributed by atoms with van der Waals surface area (Å²) in [7, 11) is 0. The van der Waals surface area contributed by atoms with E-state index in [1.54, 1.807) is 0 Å². The summed E-state index contributed by atoms with van der Waals surface area (Å²) < 4.78 is 0. The van der Waals surface area contributed by atoms with Gasteiger partial charge in [0.2, 0.25) is 0 Å². The van der Waals surface area contributed by atoms with Gasteiger partial charge in [-0.2, -0.15) is 0 Å². The molecule has 1 aromatic heterocycles. The Balaban J connectivity index is 1.58. The van der Waals surface area contributed by atoms with Crippen molar-refractivity contribution in [3.63, 3.8) is 0 Å². The van der Waals surface area contributed by atoms with Crippen molar-refractivity contribution in [3.05, 3.63) is 24.0 Å². The Morgan fingerprint density at radius 2 is 2.25 bits per heavy atom. The van der Waals surface area contributed by atoms with Gasteiger partial charge < -0.3 is 15.2 Å². The highest BCUT2D eigenvalue weighted by molar-refractivity contribution is 5.07. The standard InChI is InChI=1S/C13H23N3/c1-12(11-16-6-2-3-7-16)8-15-10-13-4-5-14-9-13/h4-5,9,12,14-15H,2-3,6-8,10-11H2,1H3. The fraction of sp³-hybridized carbons (Fsp3) is 0.692. The van der Waals surface area contributed by atoms with Gasteiger partial charge in [0.05, 0.1) is 0 Å². The van der Waals surface area contributed by atoms with E-state index in [0.717, 1.165) is 19.0 Å². The lowest BCUT2D eigenvalue weighted by Gasteiger charge is -2.20. The number of rotatable bonds is 6. The van der Waals surface area contributed by atoms with Crippen molar-refractivity contribution in [3.8, 4) is 0 Å². The fourth-order valence-electron chi connectivity index (χ4n) is 2.40. The monoisotopic (exact) mass is 221 g/mol. The van der Waals surface area contributed by atoms with Crippen molar-refractivity contribution in [2.45, 2.75) is 26.3 Å². The predicted molar refractivity (Wildman–Crippen MR) is 67.3 cm³/mol. The van der Waals surface area contributed by atoms with Crippen molar-refractivity contribution >= 4 is 0 Å². The maximum absolute atomic E-state index is 3.51. The summed E-state index contributed by atoms with van der Waals surface area (Å²) in [5.74, 6) is 0.747. The first-order valence-electron chi connectivity index (χ1n) is 6.39. The van der Waals surface area contributed by atoms with E-state index >= 15 is 0 Å². The summed E-state index contributed by atoms with van der Waals surface area (Å²) in [5, 5.41) is 3.51. The van der Waals surface area contributed by atoms with Crippen molar-refractivity contribution in [1.29, 1.82) is 0 Å². The van der Waals surface area contributed by atoms with Crippen molar-refractivity contribution in [2.75, 3.05) is 26.2 Å². The number of likely N-dealkylation sites (tertiary alicyclic amines) is 1. The van der Waals surface area contributed by atoms with Gasteiger partial charge in [0.1, 0.15) is 0 Å². The number of nitrogens with zero attached hydrogens (tertiary/aromatic N) is 1. The molecule has 0 aromatic carbocycles. The predicted octanol–water partition coefficient (Wildman–Crippen LogP) is 1.84. The molecule has 2 heterocycles. The largest absolute Gasteiger partial charge is 0.367 e. The molecule has 1 unspecified atom stereocenters. The molecule has 3 heteroatoms. The van der Waals surface area contributed by atoms with Crippen LogP contribution in [-0.4, -0.2) is 36.1 Å². The van der Waals surface area contributed by atoms with Crippen LogP contribution in [0.15, 0.2) is 18.5 Å². The topological polar surface area (TPSA) is 31.1 Å². The minimum absolute atomic E-state index is 0.747. The molecule has 3 nitrogen and oxygen atoms in total. The van der Waals surface area contributed by atoms with E-state index in [2.05, 4.69) is 34.4 Å². The van der Waals surface area contributed by atoms with Crippen LogP contribution in [0.5, 0.6) is 0 Å². The molecule has 1 saturated heterocycles. The van der Waals surface area contributed by atoms with Gasteiger partial charge in [0.15, 0.2) is 0 Å². The Labute approximate surface area is 98.2 Å². The smallest absolute Gasteiger partial charge is 0.0220 e. The first kappa shape index (κ1) is 11.7. The average molecular weight is 221 g/mol. The summed E-state index contributed by atoms with van der Waals surface area (Å²) in [6, 6.07) is 2.12. The first-order valence-corrected chi connectivity index (χ1v) is 6.39. The van der Waals surface area contributed by atoms with E-state index in [4.69, 9.17) is 0 Å². The van der Waals surface area contributed by atoms with Gasteiger partial charge in [-0.15, -0.1) is 0 Å². The Bertz CT molecular complexity index is 275. The van der Waals surface area contributed by atoms with Gasteiger partial charge >= 0.3 is 0 Å². The summed E-state index contributed by atoms with van der Waals surface area (Å²) in [4.78, 5) is 5.66. The van der Waals surface area contributed by atoms with E-state index in [9.17, 15) is 0 Å². The molecule has 2 N–H and O–H groups in total. The number of hydrogen-bond acceptors (Lipinski definition) is 2. The van der Waals surface area contributed by atoms with E-state index < -0.39 is 0 Å². The maximum atomic E-state index is 3.51. The summed E-state index contributed by atoms with van der Waals surface area (Å²) in [5.41, 5.74) is 1.34. The number of H-pyrrole nitrogens is 1. The van der Waals surface area contributed by atoms with Crippen LogP contribution >= 0.6 is 0 Å². The lowest BCUT2D eigenvalue weighted by molar-refractivity contribution is 0.282. The average Bonchev–Trinajstić information content (AvgIpc) is 2.90. The van der Waals surface area contributed by atoms with Crippen LogP contribution in [0.25, 0.3) is 0 Å². The molecular weight excluding hydrogens is 198 g/mol. The Kier molecular flexibility index (Phi) is 4.43. The van der Waals surface area contributed by atoms with Gasteiger partial charge in [0.25, 0.3) is 0 Å². The molecule has 0 bridgehead atoms. The van der Waals surface area contributed by atoms with Crippen LogP contribution in [0.2, 0.25) is 0 Å². The SMILES string of the molecule is CC(CNCc1cc[nH]c1)CN1CCCC1. The molecule has 0 aliphatic carbocycles. The molecular formula is C13H23N3. The summed E-state index contributed by atoms with van der Waals surface area (Å²) in [6.45, 7) is 8.29. The second-order valence-electron chi connectivity index (χ2n) is 4.96. The van der Waals surface area contributed by atoms with Crippen LogP contribution in [-0.2, 0) is 6.54 Å². The molecule has 0 saturated carbocycles. The third kappa shape index (κ3) is 3.65. The van der Waals surface area contributed by atoms with Gasteiger partial charge in [-0.3, -0.25) is 0 Å². The van der Waals surface area contributed by atoms with Gasteiger partial charge in [-0.05, 0) is 50.0 Å². The Hall–Kier alpha value is -0.800. The lowest BCUT2D eigenvalue weighted by Crippen LogP contribution is -2.31. The first-order chi connectivity index (χ1) is 7.84. The summed E-state index contributed by atoms with van der Waals surface area (Å²) >= 11 is 0. The number of nitrogens with one attached hydrogen (secondary N) is 2. The highest BCUT2D eigenvalue weighted by Gasteiger charge is 2.14. The van der Waals surface area contributed by atoms with Crippen molar-refractivity contribution in [2.24, 2.45) is 5.92 Å². The minimum Gasteiger partial charge on any atom is -0.367 e. The minimum atomic E-state index is 0.747. The second-order valence-corrected chi connectivity index (χ2v) is 4.96. The lowest BCUT2D eigenvalue weighted by atomic mass is 10.1. The molecule has 1 atom stereocenters. The van der Waals surface area contributed by atoms with E-state index in [1.807, 2.05) is 6.20 Å².